The van der Waals surface area contributed by atoms with Gasteiger partial charge in [-0.15, -0.1) is 0 Å². The summed E-state index contributed by atoms with van der Waals surface area (Å²) in [7, 11) is 1.56. The van der Waals surface area contributed by atoms with E-state index < -0.39 is 11.9 Å². The number of methoxy groups -OCH3 is 1. The van der Waals surface area contributed by atoms with Gasteiger partial charge in [0.2, 0.25) is 0 Å². The second kappa shape index (κ2) is 9.13. The molecule has 4 rings (SSSR count). The molecule has 0 aromatic heterocycles. The number of para-hydroxylation sites is 1. The minimum atomic E-state index is -1.10. The summed E-state index contributed by atoms with van der Waals surface area (Å²) in [6.07, 6.45) is 0. The third-order valence-electron chi connectivity index (χ3n) is 5.00. The monoisotopic (exact) mass is 410 g/mol. The van der Waals surface area contributed by atoms with Crippen LogP contribution in [-0.4, -0.2) is 24.8 Å². The lowest BCUT2D eigenvalue weighted by Gasteiger charge is -2.19. The zero-order chi connectivity index (χ0) is 21.6. The Morgan fingerprint density at radius 1 is 0.742 bits per heavy atom. The Hall–Kier alpha value is -4.12. The maximum atomic E-state index is 13.2. The van der Waals surface area contributed by atoms with E-state index in [1.54, 1.807) is 31.4 Å². The van der Waals surface area contributed by atoms with Gasteiger partial charge in [-0.05, 0) is 59.3 Å². The number of carbonyl (C=O) groups is 2. The van der Waals surface area contributed by atoms with Crippen molar-refractivity contribution >= 4 is 33.8 Å². The summed E-state index contributed by atoms with van der Waals surface area (Å²) < 4.78 is 5.16. The van der Waals surface area contributed by atoms with Crippen molar-refractivity contribution in [2.45, 2.75) is 6.04 Å². The van der Waals surface area contributed by atoms with Crippen molar-refractivity contribution in [3.63, 3.8) is 0 Å². The topological polar surface area (TPSA) is 67.4 Å². The molecule has 2 N–H and O–H groups in total. The molecule has 154 valence electrons. The quantitative estimate of drug-likeness (QED) is 0.327. The van der Waals surface area contributed by atoms with Crippen LogP contribution >= 0.6 is 0 Å². The average Bonchev–Trinajstić information content (AvgIpc) is 2.82. The Morgan fingerprint density at radius 2 is 1.42 bits per heavy atom. The van der Waals surface area contributed by atoms with E-state index >= 15 is 0 Å². The third kappa shape index (κ3) is 4.73. The lowest BCUT2D eigenvalue weighted by Crippen LogP contribution is -2.41. The molecule has 4 aromatic rings. The fourth-order valence-electron chi connectivity index (χ4n) is 3.35. The maximum Gasteiger partial charge on any atom is 0.255 e. The minimum Gasteiger partial charge on any atom is -0.497 e. The van der Waals surface area contributed by atoms with Gasteiger partial charge < -0.3 is 15.4 Å². The van der Waals surface area contributed by atoms with E-state index in [9.17, 15) is 9.59 Å². The molecule has 31 heavy (non-hydrogen) atoms. The van der Waals surface area contributed by atoms with E-state index in [0.29, 0.717) is 22.7 Å². The summed E-state index contributed by atoms with van der Waals surface area (Å²) >= 11 is 0. The Kier molecular flexibility index (Phi) is 5.94. The molecule has 5 heteroatoms. The molecular formula is C26H22N2O3. The van der Waals surface area contributed by atoms with Crippen molar-refractivity contribution < 1.29 is 14.3 Å². The fourth-order valence-corrected chi connectivity index (χ4v) is 3.35. The number of amides is 1. The molecule has 1 amide bonds. The zero-order valence-corrected chi connectivity index (χ0v) is 17.0. The molecule has 0 fully saturated rings. The van der Waals surface area contributed by atoms with Gasteiger partial charge in [0, 0.05) is 16.9 Å². The molecule has 0 aliphatic rings. The van der Waals surface area contributed by atoms with Gasteiger partial charge in [-0.25, -0.2) is 0 Å². The van der Waals surface area contributed by atoms with Crippen molar-refractivity contribution in [2.24, 2.45) is 0 Å². The van der Waals surface area contributed by atoms with E-state index in [1.165, 1.54) is 0 Å². The van der Waals surface area contributed by atoms with Crippen LogP contribution in [0.4, 0.5) is 11.4 Å². The van der Waals surface area contributed by atoms with Gasteiger partial charge >= 0.3 is 0 Å². The number of ketones is 1. The number of hydrogen-bond donors (Lipinski definition) is 2. The molecular weight excluding hydrogens is 388 g/mol. The van der Waals surface area contributed by atoms with Gasteiger partial charge in [-0.3, -0.25) is 9.59 Å². The van der Waals surface area contributed by atoms with Crippen LogP contribution in [-0.2, 0) is 4.79 Å². The predicted octanol–water partition coefficient (Wildman–Crippen LogP) is 5.15. The molecule has 5 nitrogen and oxygen atoms in total. The third-order valence-corrected chi connectivity index (χ3v) is 5.00. The van der Waals surface area contributed by atoms with Crippen LogP contribution in [0.1, 0.15) is 10.4 Å². The molecule has 4 aromatic carbocycles. The summed E-state index contributed by atoms with van der Waals surface area (Å²) in [6, 6.07) is 28.4. The Labute approximate surface area is 180 Å². The van der Waals surface area contributed by atoms with E-state index in [2.05, 4.69) is 10.6 Å². The van der Waals surface area contributed by atoms with Crippen LogP contribution in [0.3, 0.4) is 0 Å². The highest BCUT2D eigenvalue weighted by Gasteiger charge is 2.28. The summed E-state index contributed by atoms with van der Waals surface area (Å²) in [4.78, 5) is 26.4. The van der Waals surface area contributed by atoms with E-state index in [4.69, 9.17) is 4.74 Å². The summed E-state index contributed by atoms with van der Waals surface area (Å²) in [5.41, 5.74) is 1.73. The largest absolute Gasteiger partial charge is 0.497 e. The van der Waals surface area contributed by atoms with Gasteiger partial charge in [0.15, 0.2) is 11.8 Å². The lowest BCUT2D eigenvalue weighted by molar-refractivity contribution is -0.116. The second-order valence-corrected chi connectivity index (χ2v) is 7.09. The molecule has 0 saturated heterocycles. The number of nitrogens with one attached hydrogen (secondary N) is 2. The molecule has 1 unspecified atom stereocenters. The normalized spacial score (nSPS) is 11.5. The van der Waals surface area contributed by atoms with Crippen molar-refractivity contribution in [3.8, 4) is 5.75 Å². The van der Waals surface area contributed by atoms with Crippen LogP contribution in [0.5, 0.6) is 5.75 Å². The number of ether oxygens (including phenoxy) is 1. The van der Waals surface area contributed by atoms with Crippen LogP contribution in [0.15, 0.2) is 97.1 Å². The standard InChI is InChI=1S/C26H22N2O3/c1-31-23-15-12-19(13-16-23)25(29)24(27-21-9-3-2-4-10-21)26(30)28-22-14-11-18-7-5-6-8-20(18)17-22/h2-17,24,27H,1H3,(H,28,30). The SMILES string of the molecule is COc1ccc(C(=O)C(Nc2ccccc2)C(=O)Nc2ccc3ccccc3c2)cc1. The number of anilines is 2. The van der Waals surface area contributed by atoms with Crippen LogP contribution < -0.4 is 15.4 Å². The first kappa shape index (κ1) is 20.2. The molecule has 0 aliphatic carbocycles. The van der Waals surface area contributed by atoms with Crippen molar-refractivity contribution in [1.82, 2.24) is 0 Å². The first-order valence-corrected chi connectivity index (χ1v) is 9.93. The van der Waals surface area contributed by atoms with Gasteiger partial charge in [0.25, 0.3) is 5.91 Å². The Bertz CT molecular complexity index is 1200. The highest BCUT2D eigenvalue weighted by Crippen LogP contribution is 2.20. The lowest BCUT2D eigenvalue weighted by atomic mass is 10.0. The van der Waals surface area contributed by atoms with E-state index in [1.807, 2.05) is 72.8 Å². The van der Waals surface area contributed by atoms with Crippen molar-refractivity contribution in [1.29, 1.82) is 0 Å². The minimum absolute atomic E-state index is 0.329. The highest BCUT2D eigenvalue weighted by molar-refractivity contribution is 6.19. The number of benzene rings is 4. The van der Waals surface area contributed by atoms with Crippen LogP contribution in [0.2, 0.25) is 0 Å². The number of hydrogen-bond acceptors (Lipinski definition) is 4. The molecule has 0 radical (unpaired) electrons. The van der Waals surface area contributed by atoms with Gasteiger partial charge in [-0.1, -0.05) is 48.5 Å². The predicted molar refractivity (Wildman–Crippen MR) is 124 cm³/mol. The number of carbonyl (C=O) groups excluding carboxylic acids is 2. The summed E-state index contributed by atoms with van der Waals surface area (Å²) in [5.74, 6) is -0.116. The molecule has 0 spiro atoms. The first-order chi connectivity index (χ1) is 15.1. The average molecular weight is 410 g/mol. The Morgan fingerprint density at radius 3 is 2.13 bits per heavy atom. The van der Waals surface area contributed by atoms with E-state index in [-0.39, 0.29) is 5.78 Å². The number of fused-ring (bicyclic) bond motifs is 1. The smallest absolute Gasteiger partial charge is 0.255 e. The zero-order valence-electron chi connectivity index (χ0n) is 17.0. The number of rotatable bonds is 7. The molecule has 0 saturated carbocycles. The van der Waals surface area contributed by atoms with E-state index in [0.717, 1.165) is 10.8 Å². The molecule has 0 heterocycles. The van der Waals surface area contributed by atoms with Crippen molar-refractivity contribution in [3.05, 3.63) is 103 Å². The molecule has 0 aliphatic heterocycles. The summed E-state index contributed by atoms with van der Waals surface area (Å²) in [6.45, 7) is 0. The van der Waals surface area contributed by atoms with Crippen LogP contribution in [0, 0.1) is 0 Å². The Balaban J connectivity index is 1.61. The van der Waals surface area contributed by atoms with Gasteiger partial charge in [0.1, 0.15) is 5.75 Å². The van der Waals surface area contributed by atoms with Gasteiger partial charge in [-0.2, -0.15) is 0 Å². The molecule has 0 bridgehead atoms. The van der Waals surface area contributed by atoms with Gasteiger partial charge in [0.05, 0.1) is 7.11 Å². The first-order valence-electron chi connectivity index (χ1n) is 9.93. The maximum absolute atomic E-state index is 13.2. The fraction of sp³-hybridized carbons (Fsp3) is 0.0769. The van der Waals surface area contributed by atoms with Crippen molar-refractivity contribution in [2.75, 3.05) is 17.7 Å². The summed E-state index contributed by atoms with van der Waals surface area (Å²) in [5, 5.41) is 8.04. The number of Topliss-reactive ketones (excluding diaryl/α,β-unsaturated/α-hetero) is 1. The van der Waals surface area contributed by atoms with Crippen LogP contribution in [0.25, 0.3) is 10.8 Å². The second-order valence-electron chi connectivity index (χ2n) is 7.09. The highest BCUT2D eigenvalue weighted by atomic mass is 16.5. The molecule has 1 atom stereocenters.